The fraction of sp³-hybridized carbons (Fsp3) is 0.444. The second kappa shape index (κ2) is 12.2. The second-order valence-corrected chi connectivity index (χ2v) is 10.4. The summed E-state index contributed by atoms with van der Waals surface area (Å²) in [5.41, 5.74) is 2.44. The molecule has 180 valence electrons. The summed E-state index contributed by atoms with van der Waals surface area (Å²) in [6.45, 7) is 8.42. The number of carbonyl (C=O) groups is 1. The standard InChI is InChI=1S/C27H35N5OS/c1-21(24-14-8-4-9-15-24)18-28-26(33)22(2)34-27-30-29-25(20-31-16-10-5-11-17-31)32(27)19-23-12-6-3-7-13-23/h3-4,6-9,12-15,21-22H,5,10-11,16-20H2,1-2H3,(H,28,33). The summed E-state index contributed by atoms with van der Waals surface area (Å²) in [6.07, 6.45) is 3.80. The highest BCUT2D eigenvalue weighted by Gasteiger charge is 2.22. The van der Waals surface area contributed by atoms with Gasteiger partial charge in [0, 0.05) is 6.54 Å². The number of rotatable bonds is 10. The Labute approximate surface area is 207 Å². The van der Waals surface area contributed by atoms with Crippen molar-refractivity contribution in [1.82, 2.24) is 25.0 Å². The number of thioether (sulfide) groups is 1. The predicted molar refractivity (Wildman–Crippen MR) is 138 cm³/mol. The number of benzene rings is 2. The lowest BCUT2D eigenvalue weighted by atomic mass is 10.0. The van der Waals surface area contributed by atoms with Gasteiger partial charge in [0.05, 0.1) is 18.3 Å². The molecule has 2 heterocycles. The van der Waals surface area contributed by atoms with E-state index in [1.807, 2.05) is 31.2 Å². The van der Waals surface area contributed by atoms with Gasteiger partial charge in [-0.05, 0) is 49.9 Å². The first-order valence-corrected chi connectivity index (χ1v) is 13.2. The van der Waals surface area contributed by atoms with Gasteiger partial charge in [0.15, 0.2) is 5.16 Å². The van der Waals surface area contributed by atoms with Gasteiger partial charge in [0.25, 0.3) is 0 Å². The van der Waals surface area contributed by atoms with Gasteiger partial charge in [-0.15, -0.1) is 10.2 Å². The first-order valence-electron chi connectivity index (χ1n) is 12.3. The van der Waals surface area contributed by atoms with Crippen molar-refractivity contribution in [1.29, 1.82) is 0 Å². The lowest BCUT2D eigenvalue weighted by molar-refractivity contribution is -0.120. The Hall–Kier alpha value is -2.64. The third-order valence-electron chi connectivity index (χ3n) is 6.39. The van der Waals surface area contributed by atoms with E-state index in [1.54, 1.807) is 0 Å². The largest absolute Gasteiger partial charge is 0.355 e. The zero-order chi connectivity index (χ0) is 23.8. The number of aromatic nitrogens is 3. The van der Waals surface area contributed by atoms with Gasteiger partial charge in [-0.2, -0.15) is 0 Å². The van der Waals surface area contributed by atoms with Crippen LogP contribution in [0.5, 0.6) is 0 Å². The Morgan fingerprint density at radius 2 is 1.62 bits per heavy atom. The molecular weight excluding hydrogens is 442 g/mol. The summed E-state index contributed by atoms with van der Waals surface area (Å²) in [5.74, 6) is 1.26. The van der Waals surface area contributed by atoms with Crippen LogP contribution in [0.2, 0.25) is 0 Å². The van der Waals surface area contributed by atoms with Gasteiger partial charge in [0.2, 0.25) is 5.91 Å². The van der Waals surface area contributed by atoms with E-state index in [9.17, 15) is 4.79 Å². The number of nitrogens with zero attached hydrogens (tertiary/aromatic N) is 4. The molecule has 1 aliphatic heterocycles. The number of hydrogen-bond acceptors (Lipinski definition) is 5. The molecule has 3 aromatic rings. The zero-order valence-corrected chi connectivity index (χ0v) is 21.0. The zero-order valence-electron chi connectivity index (χ0n) is 20.2. The quantitative estimate of drug-likeness (QED) is 0.429. The number of hydrogen-bond donors (Lipinski definition) is 1. The van der Waals surface area contributed by atoms with E-state index in [-0.39, 0.29) is 17.1 Å². The van der Waals surface area contributed by atoms with Gasteiger partial charge in [-0.1, -0.05) is 85.8 Å². The van der Waals surface area contributed by atoms with Crippen molar-refractivity contribution in [3.8, 4) is 0 Å². The van der Waals surface area contributed by atoms with E-state index in [4.69, 9.17) is 0 Å². The molecule has 1 N–H and O–H groups in total. The van der Waals surface area contributed by atoms with Crippen LogP contribution in [0.4, 0.5) is 0 Å². The molecule has 0 aliphatic carbocycles. The summed E-state index contributed by atoms with van der Waals surface area (Å²) in [5, 5.41) is 12.7. The maximum absolute atomic E-state index is 12.9. The van der Waals surface area contributed by atoms with Crippen LogP contribution in [0, 0.1) is 0 Å². The van der Waals surface area contributed by atoms with Crippen LogP contribution < -0.4 is 5.32 Å². The lowest BCUT2D eigenvalue weighted by Gasteiger charge is -2.26. The summed E-state index contributed by atoms with van der Waals surface area (Å²) in [6, 6.07) is 20.7. The fourth-order valence-electron chi connectivity index (χ4n) is 4.27. The van der Waals surface area contributed by atoms with Crippen LogP contribution in [0.25, 0.3) is 0 Å². The predicted octanol–water partition coefficient (Wildman–Crippen LogP) is 4.71. The molecule has 4 rings (SSSR count). The summed E-state index contributed by atoms with van der Waals surface area (Å²) in [4.78, 5) is 15.3. The maximum atomic E-state index is 12.9. The van der Waals surface area contributed by atoms with Gasteiger partial charge in [0.1, 0.15) is 5.82 Å². The molecule has 1 amide bonds. The summed E-state index contributed by atoms with van der Waals surface area (Å²) >= 11 is 1.49. The molecule has 0 bridgehead atoms. The van der Waals surface area contributed by atoms with Crippen molar-refractivity contribution in [3.05, 3.63) is 77.6 Å². The van der Waals surface area contributed by atoms with Crippen molar-refractivity contribution in [3.63, 3.8) is 0 Å². The number of likely N-dealkylation sites (tertiary alicyclic amines) is 1. The average molecular weight is 478 g/mol. The normalized spacial score (nSPS) is 16.2. The van der Waals surface area contributed by atoms with Gasteiger partial charge >= 0.3 is 0 Å². The third kappa shape index (κ3) is 6.70. The lowest BCUT2D eigenvalue weighted by Crippen LogP contribution is -2.33. The van der Waals surface area contributed by atoms with Gasteiger partial charge in [-0.3, -0.25) is 9.69 Å². The number of amides is 1. The van der Waals surface area contributed by atoms with Crippen LogP contribution >= 0.6 is 11.8 Å². The molecule has 7 heteroatoms. The minimum atomic E-state index is -0.260. The summed E-state index contributed by atoms with van der Waals surface area (Å²) in [7, 11) is 0. The smallest absolute Gasteiger partial charge is 0.233 e. The molecule has 2 atom stereocenters. The molecule has 2 unspecified atom stereocenters. The van der Waals surface area contributed by atoms with Crippen LogP contribution in [0.1, 0.15) is 56.0 Å². The monoisotopic (exact) mass is 477 g/mol. The van der Waals surface area contributed by atoms with Crippen molar-refractivity contribution in [2.45, 2.75) is 62.5 Å². The van der Waals surface area contributed by atoms with E-state index < -0.39 is 0 Å². The van der Waals surface area contributed by atoms with E-state index in [2.05, 4.69) is 68.3 Å². The van der Waals surface area contributed by atoms with Gasteiger partial charge in [-0.25, -0.2) is 0 Å². The second-order valence-electron chi connectivity index (χ2n) is 9.12. The Kier molecular flexibility index (Phi) is 8.77. The van der Waals surface area contributed by atoms with E-state index in [0.717, 1.165) is 30.6 Å². The van der Waals surface area contributed by atoms with E-state index >= 15 is 0 Å². The molecule has 0 saturated carbocycles. The van der Waals surface area contributed by atoms with Crippen LogP contribution in [0.3, 0.4) is 0 Å². The maximum Gasteiger partial charge on any atom is 0.233 e. The van der Waals surface area contributed by atoms with Crippen molar-refractivity contribution in [2.24, 2.45) is 0 Å². The Bertz CT molecular complexity index is 1030. The van der Waals surface area contributed by atoms with Crippen LogP contribution in [-0.4, -0.2) is 50.5 Å². The molecule has 1 saturated heterocycles. The SMILES string of the molecule is CC(Sc1nnc(CN2CCCCC2)n1Cc1ccccc1)C(=O)NCC(C)c1ccccc1. The van der Waals surface area contributed by atoms with Gasteiger partial charge < -0.3 is 9.88 Å². The third-order valence-corrected chi connectivity index (χ3v) is 7.47. The van der Waals surface area contributed by atoms with Crippen molar-refractivity contribution >= 4 is 17.7 Å². The first-order chi connectivity index (χ1) is 16.6. The minimum Gasteiger partial charge on any atom is -0.355 e. The Morgan fingerprint density at radius 1 is 0.941 bits per heavy atom. The molecule has 2 aromatic carbocycles. The highest BCUT2D eigenvalue weighted by molar-refractivity contribution is 8.00. The highest BCUT2D eigenvalue weighted by Crippen LogP contribution is 2.25. The molecule has 0 radical (unpaired) electrons. The number of piperidine rings is 1. The van der Waals surface area contributed by atoms with Crippen LogP contribution in [0.15, 0.2) is 65.8 Å². The van der Waals surface area contributed by atoms with Crippen molar-refractivity contribution < 1.29 is 4.79 Å². The molecule has 34 heavy (non-hydrogen) atoms. The molecule has 1 aromatic heterocycles. The first kappa shape index (κ1) is 24.5. The highest BCUT2D eigenvalue weighted by atomic mass is 32.2. The Balaban J connectivity index is 1.42. The van der Waals surface area contributed by atoms with E-state index in [1.165, 1.54) is 42.2 Å². The molecule has 0 spiro atoms. The topological polar surface area (TPSA) is 63.1 Å². The molecule has 1 fully saturated rings. The van der Waals surface area contributed by atoms with E-state index in [0.29, 0.717) is 13.1 Å². The molecular formula is C27H35N5OS. The fourth-order valence-corrected chi connectivity index (χ4v) is 5.17. The average Bonchev–Trinajstić information content (AvgIpc) is 3.24. The molecule has 1 aliphatic rings. The minimum absolute atomic E-state index is 0.0274. The number of carbonyl (C=O) groups excluding carboxylic acids is 1. The number of nitrogens with one attached hydrogen (secondary N) is 1. The van der Waals surface area contributed by atoms with Crippen LogP contribution in [-0.2, 0) is 17.9 Å². The Morgan fingerprint density at radius 3 is 2.32 bits per heavy atom. The summed E-state index contributed by atoms with van der Waals surface area (Å²) < 4.78 is 2.19. The van der Waals surface area contributed by atoms with Crippen molar-refractivity contribution in [2.75, 3.05) is 19.6 Å². The molecule has 6 nitrogen and oxygen atoms in total.